The van der Waals surface area contributed by atoms with Gasteiger partial charge in [-0.1, -0.05) is 29.8 Å². The van der Waals surface area contributed by atoms with Crippen LogP contribution in [0.2, 0.25) is 5.15 Å². The summed E-state index contributed by atoms with van der Waals surface area (Å²) < 4.78 is 27.1. The van der Waals surface area contributed by atoms with Gasteiger partial charge in [0, 0.05) is 50.0 Å². The van der Waals surface area contributed by atoms with Crippen LogP contribution in [0.25, 0.3) is 0 Å². The molecule has 1 N–H and O–H groups in total. The number of anilines is 1. The number of hydrogen-bond donors (Lipinski definition) is 1. The fourth-order valence-electron chi connectivity index (χ4n) is 4.15. The van der Waals surface area contributed by atoms with E-state index in [9.17, 15) is 13.2 Å². The first kappa shape index (κ1) is 21.1. The summed E-state index contributed by atoms with van der Waals surface area (Å²) in [4.78, 5) is 18.8. The third-order valence-corrected chi connectivity index (χ3v) is 8.13. The molecule has 1 amide bonds. The molecule has 2 saturated heterocycles. The molecule has 160 valence electrons. The molecule has 7 nitrogen and oxygen atoms in total. The van der Waals surface area contributed by atoms with Gasteiger partial charge in [-0.25, -0.2) is 13.4 Å². The largest absolute Gasteiger partial charge is 0.380 e. The third kappa shape index (κ3) is 4.45. The zero-order chi connectivity index (χ0) is 21.1. The molecule has 9 heteroatoms. The Labute approximate surface area is 182 Å². The Hall–Kier alpha value is -2.16. The summed E-state index contributed by atoms with van der Waals surface area (Å²) >= 11 is 5.98. The van der Waals surface area contributed by atoms with Crippen LogP contribution in [0.4, 0.5) is 5.69 Å². The number of benzene rings is 1. The van der Waals surface area contributed by atoms with Crippen LogP contribution < -0.4 is 5.32 Å². The van der Waals surface area contributed by atoms with Crippen LogP contribution in [0.5, 0.6) is 0 Å². The number of piperidine rings is 1. The van der Waals surface area contributed by atoms with Crippen molar-refractivity contribution in [3.63, 3.8) is 0 Å². The topological polar surface area (TPSA) is 82.6 Å². The molecular formula is C21H25ClN4O3S. The number of hydrogen-bond acceptors (Lipinski definition) is 5. The highest BCUT2D eigenvalue weighted by molar-refractivity contribution is 7.89. The molecule has 1 atom stereocenters. The molecule has 1 aromatic heterocycles. The fourth-order valence-corrected chi connectivity index (χ4v) is 6.05. The minimum absolute atomic E-state index is 0.0193. The van der Waals surface area contributed by atoms with Crippen molar-refractivity contribution in [1.29, 1.82) is 0 Å². The predicted octanol–water partition coefficient (Wildman–Crippen LogP) is 2.85. The number of nitrogens with zero attached hydrogens (tertiary/aromatic N) is 3. The van der Waals surface area contributed by atoms with Gasteiger partial charge in [-0.2, -0.15) is 4.31 Å². The fraction of sp³-hybridized carbons (Fsp3) is 0.429. The van der Waals surface area contributed by atoms with Gasteiger partial charge in [-0.15, -0.1) is 0 Å². The molecule has 0 bridgehead atoms. The van der Waals surface area contributed by atoms with E-state index >= 15 is 0 Å². The van der Waals surface area contributed by atoms with Crippen molar-refractivity contribution in [1.82, 2.24) is 14.2 Å². The number of carbonyl (C=O) groups excluding carboxylic acids is 1. The highest BCUT2D eigenvalue weighted by Crippen LogP contribution is 2.28. The molecule has 3 heterocycles. The molecule has 0 radical (unpaired) electrons. The minimum atomic E-state index is -3.70. The van der Waals surface area contributed by atoms with Crippen molar-refractivity contribution in [2.45, 2.75) is 30.2 Å². The SMILES string of the molecule is O=C(C1CCN(S(=O)(=O)c2cccnc2Cl)CC1)N1CCC(Nc2ccccc2)C1. The van der Waals surface area contributed by atoms with Gasteiger partial charge in [0.15, 0.2) is 0 Å². The summed E-state index contributed by atoms with van der Waals surface area (Å²) in [5.74, 6) is -0.0138. The molecule has 1 unspecified atom stereocenters. The maximum absolute atomic E-state index is 13.0. The van der Waals surface area contributed by atoms with Gasteiger partial charge in [-0.05, 0) is 43.5 Å². The number of amides is 1. The van der Waals surface area contributed by atoms with E-state index in [1.807, 2.05) is 35.2 Å². The van der Waals surface area contributed by atoms with E-state index in [1.54, 1.807) is 6.07 Å². The van der Waals surface area contributed by atoms with Crippen LogP contribution >= 0.6 is 11.6 Å². The lowest BCUT2D eigenvalue weighted by Gasteiger charge is -2.32. The maximum atomic E-state index is 13.0. The number of sulfonamides is 1. The van der Waals surface area contributed by atoms with E-state index in [-0.39, 0.29) is 27.9 Å². The predicted molar refractivity (Wildman–Crippen MR) is 116 cm³/mol. The van der Waals surface area contributed by atoms with Crippen molar-refractivity contribution < 1.29 is 13.2 Å². The summed E-state index contributed by atoms with van der Waals surface area (Å²) in [5.41, 5.74) is 1.06. The maximum Gasteiger partial charge on any atom is 0.246 e. The molecule has 0 saturated carbocycles. The van der Waals surface area contributed by atoms with E-state index in [2.05, 4.69) is 10.3 Å². The number of halogens is 1. The summed E-state index contributed by atoms with van der Waals surface area (Å²) in [6.45, 7) is 2.03. The van der Waals surface area contributed by atoms with Crippen molar-refractivity contribution in [2.75, 3.05) is 31.5 Å². The lowest BCUT2D eigenvalue weighted by Crippen LogP contribution is -2.44. The van der Waals surface area contributed by atoms with Crippen molar-refractivity contribution >= 4 is 33.2 Å². The van der Waals surface area contributed by atoms with E-state index in [1.165, 1.54) is 16.6 Å². The summed E-state index contributed by atoms with van der Waals surface area (Å²) in [6, 6.07) is 13.3. The Kier molecular flexibility index (Phi) is 6.26. The third-order valence-electron chi connectivity index (χ3n) is 5.79. The smallest absolute Gasteiger partial charge is 0.246 e. The molecule has 2 aromatic rings. The summed E-state index contributed by atoms with van der Waals surface area (Å²) in [7, 11) is -3.70. The molecule has 1 aromatic carbocycles. The molecule has 0 spiro atoms. The van der Waals surface area contributed by atoms with Crippen molar-refractivity contribution in [2.24, 2.45) is 5.92 Å². The van der Waals surface area contributed by atoms with Gasteiger partial charge < -0.3 is 10.2 Å². The normalized spacial score (nSPS) is 21.0. The number of rotatable bonds is 5. The first-order valence-electron chi connectivity index (χ1n) is 10.2. The summed E-state index contributed by atoms with van der Waals surface area (Å²) in [6.07, 6.45) is 3.40. The molecule has 2 aliphatic rings. The molecule has 2 aliphatic heterocycles. The Balaban J connectivity index is 1.32. The van der Waals surface area contributed by atoms with Crippen LogP contribution in [-0.4, -0.2) is 60.7 Å². The van der Waals surface area contributed by atoms with Gasteiger partial charge >= 0.3 is 0 Å². The molecule has 4 rings (SSSR count). The van der Waals surface area contributed by atoms with Gasteiger partial charge in [0.25, 0.3) is 0 Å². The van der Waals surface area contributed by atoms with E-state index in [0.29, 0.717) is 32.5 Å². The number of nitrogens with one attached hydrogen (secondary N) is 1. The zero-order valence-electron chi connectivity index (χ0n) is 16.6. The van der Waals surface area contributed by atoms with Crippen LogP contribution in [-0.2, 0) is 14.8 Å². The van der Waals surface area contributed by atoms with Gasteiger partial charge in [0.05, 0.1) is 0 Å². The van der Waals surface area contributed by atoms with E-state index in [0.717, 1.165) is 18.7 Å². The first-order valence-corrected chi connectivity index (χ1v) is 12.0. The van der Waals surface area contributed by atoms with E-state index in [4.69, 9.17) is 11.6 Å². The second-order valence-electron chi connectivity index (χ2n) is 7.75. The molecule has 30 heavy (non-hydrogen) atoms. The molecule has 0 aliphatic carbocycles. The van der Waals surface area contributed by atoms with Crippen molar-refractivity contribution in [3.8, 4) is 0 Å². The second-order valence-corrected chi connectivity index (χ2v) is 10.0. The lowest BCUT2D eigenvalue weighted by molar-refractivity contribution is -0.135. The molecular weight excluding hydrogens is 424 g/mol. The lowest BCUT2D eigenvalue weighted by atomic mass is 9.96. The Morgan fingerprint density at radius 2 is 1.77 bits per heavy atom. The van der Waals surface area contributed by atoms with Crippen molar-refractivity contribution in [3.05, 3.63) is 53.8 Å². The zero-order valence-corrected chi connectivity index (χ0v) is 18.1. The van der Waals surface area contributed by atoms with Gasteiger partial charge in [0.2, 0.25) is 15.9 Å². The second kappa shape index (κ2) is 8.91. The summed E-state index contributed by atoms with van der Waals surface area (Å²) in [5, 5.41) is 3.46. The number of carbonyl (C=O) groups is 1. The monoisotopic (exact) mass is 448 g/mol. The van der Waals surface area contributed by atoms with Crippen LogP contribution in [0, 0.1) is 5.92 Å². The Bertz CT molecular complexity index is 994. The van der Waals surface area contributed by atoms with Crippen LogP contribution in [0.15, 0.2) is 53.6 Å². The Morgan fingerprint density at radius 3 is 2.47 bits per heavy atom. The Morgan fingerprint density at radius 1 is 1.03 bits per heavy atom. The van der Waals surface area contributed by atoms with Crippen LogP contribution in [0.3, 0.4) is 0 Å². The molecule has 2 fully saturated rings. The number of likely N-dealkylation sites (tertiary alicyclic amines) is 1. The number of aromatic nitrogens is 1. The average molecular weight is 449 g/mol. The number of para-hydroxylation sites is 1. The average Bonchev–Trinajstić information content (AvgIpc) is 3.22. The van der Waals surface area contributed by atoms with E-state index < -0.39 is 10.0 Å². The highest BCUT2D eigenvalue weighted by atomic mass is 35.5. The first-order chi connectivity index (χ1) is 14.4. The van der Waals surface area contributed by atoms with Gasteiger partial charge in [-0.3, -0.25) is 4.79 Å². The number of pyridine rings is 1. The highest BCUT2D eigenvalue weighted by Gasteiger charge is 2.36. The van der Waals surface area contributed by atoms with Crippen LogP contribution in [0.1, 0.15) is 19.3 Å². The quantitative estimate of drug-likeness (QED) is 0.711. The minimum Gasteiger partial charge on any atom is -0.380 e. The van der Waals surface area contributed by atoms with Gasteiger partial charge in [0.1, 0.15) is 10.0 Å². The standard InChI is InChI=1S/C21H25ClN4O3S/c22-20-19(7-4-11-23-20)30(28,29)26-13-8-16(9-14-26)21(27)25-12-10-18(15-25)24-17-5-2-1-3-6-17/h1-7,11,16,18,24H,8-10,12-15H2.